The number of hydrogen-bond acceptors (Lipinski definition) is 4. The van der Waals surface area contributed by atoms with Crippen LogP contribution in [-0.2, 0) is 7.05 Å². The molecule has 0 saturated carbocycles. The van der Waals surface area contributed by atoms with E-state index >= 15 is 0 Å². The first-order chi connectivity index (χ1) is 9.97. The molecule has 0 spiro atoms. The standard InChI is InChI=1S/C14H16N4O2S/c1-9-7-11(18(2)17-9)14(19)16-10-5-3-4-6-12(10)20-8-13(15)21/h3-7H,8H2,1-2H3,(H2,15,21)(H,16,19). The predicted octanol–water partition coefficient (Wildman–Crippen LogP) is 1.65. The number of nitrogens with one attached hydrogen (secondary N) is 1. The van der Waals surface area contributed by atoms with Gasteiger partial charge in [0.2, 0.25) is 0 Å². The second-order valence-corrected chi connectivity index (χ2v) is 5.02. The average molecular weight is 304 g/mol. The summed E-state index contributed by atoms with van der Waals surface area (Å²) in [6, 6.07) is 8.81. The van der Waals surface area contributed by atoms with Crippen LogP contribution in [0.5, 0.6) is 5.75 Å². The Morgan fingerprint density at radius 1 is 1.48 bits per heavy atom. The van der Waals surface area contributed by atoms with Crippen LogP contribution in [0.25, 0.3) is 0 Å². The lowest BCUT2D eigenvalue weighted by atomic mass is 10.2. The molecule has 21 heavy (non-hydrogen) atoms. The highest BCUT2D eigenvalue weighted by Crippen LogP contribution is 2.24. The van der Waals surface area contributed by atoms with Crippen molar-refractivity contribution in [3.05, 3.63) is 41.7 Å². The lowest BCUT2D eigenvalue weighted by molar-refractivity contribution is 0.101. The Bertz CT molecular complexity index is 681. The molecule has 0 radical (unpaired) electrons. The number of carbonyl (C=O) groups is 1. The third-order valence-electron chi connectivity index (χ3n) is 2.74. The number of benzene rings is 1. The van der Waals surface area contributed by atoms with E-state index in [1.54, 1.807) is 37.4 Å². The highest BCUT2D eigenvalue weighted by Gasteiger charge is 2.14. The van der Waals surface area contributed by atoms with Gasteiger partial charge in [-0.2, -0.15) is 5.10 Å². The van der Waals surface area contributed by atoms with Gasteiger partial charge in [-0.25, -0.2) is 0 Å². The van der Waals surface area contributed by atoms with Crippen molar-refractivity contribution in [3.63, 3.8) is 0 Å². The molecule has 2 rings (SSSR count). The van der Waals surface area contributed by atoms with E-state index < -0.39 is 0 Å². The van der Waals surface area contributed by atoms with Crippen molar-refractivity contribution in [1.82, 2.24) is 9.78 Å². The van der Waals surface area contributed by atoms with E-state index in [1.165, 1.54) is 4.68 Å². The van der Waals surface area contributed by atoms with Crippen LogP contribution in [0.2, 0.25) is 0 Å². The van der Waals surface area contributed by atoms with Crippen molar-refractivity contribution < 1.29 is 9.53 Å². The molecule has 0 atom stereocenters. The zero-order chi connectivity index (χ0) is 15.4. The second kappa shape index (κ2) is 6.36. The molecule has 1 aromatic carbocycles. The van der Waals surface area contributed by atoms with Crippen LogP contribution in [0.3, 0.4) is 0 Å². The number of carbonyl (C=O) groups excluding carboxylic acids is 1. The number of ether oxygens (including phenoxy) is 1. The quantitative estimate of drug-likeness (QED) is 0.821. The van der Waals surface area contributed by atoms with E-state index in [-0.39, 0.29) is 17.5 Å². The minimum absolute atomic E-state index is 0.118. The summed E-state index contributed by atoms with van der Waals surface area (Å²) in [7, 11) is 1.72. The maximum absolute atomic E-state index is 12.3. The van der Waals surface area contributed by atoms with E-state index in [9.17, 15) is 4.79 Å². The van der Waals surface area contributed by atoms with Gasteiger partial charge in [-0.15, -0.1) is 0 Å². The monoisotopic (exact) mass is 304 g/mol. The third-order valence-corrected chi connectivity index (χ3v) is 2.86. The third kappa shape index (κ3) is 3.79. The Labute approximate surface area is 127 Å². The molecule has 0 aliphatic heterocycles. The number of hydrogen-bond donors (Lipinski definition) is 2. The van der Waals surface area contributed by atoms with Gasteiger partial charge in [-0.1, -0.05) is 24.4 Å². The number of rotatable bonds is 5. The zero-order valence-corrected chi connectivity index (χ0v) is 12.6. The van der Waals surface area contributed by atoms with Crippen molar-refractivity contribution in [1.29, 1.82) is 0 Å². The molecule has 0 fully saturated rings. The van der Waals surface area contributed by atoms with Crippen molar-refractivity contribution in [2.75, 3.05) is 11.9 Å². The fraction of sp³-hybridized carbons (Fsp3) is 0.214. The molecule has 0 unspecified atom stereocenters. The Hall–Kier alpha value is -2.41. The predicted molar refractivity (Wildman–Crippen MR) is 84.6 cm³/mol. The van der Waals surface area contributed by atoms with Crippen LogP contribution in [0, 0.1) is 6.92 Å². The van der Waals surface area contributed by atoms with Crippen LogP contribution in [0.1, 0.15) is 16.2 Å². The lowest BCUT2D eigenvalue weighted by Crippen LogP contribution is -2.20. The van der Waals surface area contributed by atoms with Gasteiger partial charge in [0, 0.05) is 7.05 Å². The Kier molecular flexibility index (Phi) is 4.54. The molecular formula is C14H16N4O2S. The summed E-state index contributed by atoms with van der Waals surface area (Å²) < 4.78 is 7.00. The molecule has 0 bridgehead atoms. The van der Waals surface area contributed by atoms with E-state index in [4.69, 9.17) is 22.7 Å². The minimum atomic E-state index is -0.260. The lowest BCUT2D eigenvalue weighted by Gasteiger charge is -2.11. The van der Waals surface area contributed by atoms with Gasteiger partial charge in [0.05, 0.1) is 11.4 Å². The number of aromatic nitrogens is 2. The van der Waals surface area contributed by atoms with Crippen molar-refractivity contribution >= 4 is 28.8 Å². The van der Waals surface area contributed by atoms with Gasteiger partial charge in [0.15, 0.2) is 0 Å². The summed E-state index contributed by atoms with van der Waals surface area (Å²) in [6.45, 7) is 1.95. The number of nitrogens with zero attached hydrogens (tertiary/aromatic N) is 2. The van der Waals surface area contributed by atoms with Crippen molar-refractivity contribution in [2.45, 2.75) is 6.92 Å². The number of anilines is 1. The van der Waals surface area contributed by atoms with E-state index in [0.29, 0.717) is 17.1 Å². The Balaban J connectivity index is 2.17. The molecular weight excluding hydrogens is 288 g/mol. The highest BCUT2D eigenvalue weighted by atomic mass is 32.1. The summed E-state index contributed by atoms with van der Waals surface area (Å²) in [6.07, 6.45) is 0. The molecule has 1 heterocycles. The SMILES string of the molecule is Cc1cc(C(=O)Nc2ccccc2OCC(N)=S)n(C)n1. The number of para-hydroxylation sites is 2. The molecule has 7 heteroatoms. The number of amides is 1. The first kappa shape index (κ1) is 15.0. The summed E-state index contributed by atoms with van der Waals surface area (Å²) in [4.78, 5) is 12.5. The largest absolute Gasteiger partial charge is 0.484 e. The molecule has 0 saturated heterocycles. The molecule has 0 aliphatic rings. The summed E-state index contributed by atoms with van der Waals surface area (Å²) in [5, 5.41) is 6.94. The fourth-order valence-corrected chi connectivity index (χ4v) is 1.91. The molecule has 0 aliphatic carbocycles. The Morgan fingerprint density at radius 3 is 2.81 bits per heavy atom. The summed E-state index contributed by atoms with van der Waals surface area (Å²) in [5.41, 5.74) is 7.21. The van der Waals surface area contributed by atoms with Crippen LogP contribution < -0.4 is 15.8 Å². The van der Waals surface area contributed by atoms with E-state index in [0.717, 1.165) is 5.69 Å². The maximum Gasteiger partial charge on any atom is 0.274 e. The maximum atomic E-state index is 12.3. The average Bonchev–Trinajstić information content (AvgIpc) is 2.76. The Morgan fingerprint density at radius 2 is 2.19 bits per heavy atom. The normalized spacial score (nSPS) is 10.2. The first-order valence-electron chi connectivity index (χ1n) is 6.29. The molecule has 1 aromatic heterocycles. The van der Waals surface area contributed by atoms with Crippen LogP contribution in [0.4, 0.5) is 5.69 Å². The molecule has 3 N–H and O–H groups in total. The highest BCUT2D eigenvalue weighted by molar-refractivity contribution is 7.80. The molecule has 1 amide bonds. The molecule has 2 aromatic rings. The topological polar surface area (TPSA) is 82.2 Å². The number of aryl methyl sites for hydroxylation is 2. The molecule has 6 nitrogen and oxygen atoms in total. The van der Waals surface area contributed by atoms with Gasteiger partial charge in [-0.3, -0.25) is 9.48 Å². The van der Waals surface area contributed by atoms with Crippen LogP contribution in [0.15, 0.2) is 30.3 Å². The summed E-state index contributed by atoms with van der Waals surface area (Å²) in [5.74, 6) is 0.252. The smallest absolute Gasteiger partial charge is 0.274 e. The van der Waals surface area contributed by atoms with Gasteiger partial charge in [0.1, 0.15) is 23.0 Å². The van der Waals surface area contributed by atoms with Crippen LogP contribution in [-0.4, -0.2) is 27.3 Å². The van der Waals surface area contributed by atoms with E-state index in [1.807, 2.05) is 6.92 Å². The van der Waals surface area contributed by atoms with Gasteiger partial charge >= 0.3 is 0 Å². The zero-order valence-electron chi connectivity index (χ0n) is 11.8. The number of nitrogens with two attached hydrogens (primary N) is 1. The van der Waals surface area contributed by atoms with Gasteiger partial charge < -0.3 is 15.8 Å². The van der Waals surface area contributed by atoms with Gasteiger partial charge in [0.25, 0.3) is 5.91 Å². The fourth-order valence-electron chi connectivity index (χ4n) is 1.85. The minimum Gasteiger partial charge on any atom is -0.484 e. The number of thiocarbonyl (C=S) groups is 1. The summed E-state index contributed by atoms with van der Waals surface area (Å²) >= 11 is 4.78. The van der Waals surface area contributed by atoms with Crippen LogP contribution >= 0.6 is 12.2 Å². The van der Waals surface area contributed by atoms with Gasteiger partial charge in [-0.05, 0) is 25.1 Å². The van der Waals surface area contributed by atoms with Crippen molar-refractivity contribution in [2.24, 2.45) is 12.8 Å². The first-order valence-corrected chi connectivity index (χ1v) is 6.70. The second-order valence-electron chi connectivity index (χ2n) is 4.50. The van der Waals surface area contributed by atoms with E-state index in [2.05, 4.69) is 10.4 Å². The molecule has 110 valence electrons. The van der Waals surface area contributed by atoms with Crippen molar-refractivity contribution in [3.8, 4) is 5.75 Å².